The van der Waals surface area contributed by atoms with Crippen LogP contribution < -0.4 is 5.32 Å². The molecular formula is C18H22N2O5. The molecule has 2 aromatic rings. The number of carboxylic acids is 1. The topological polar surface area (TPSA) is 102 Å². The smallest absolute Gasteiger partial charge is 0.408 e. The Balaban J connectivity index is 2.05. The number of aryl methyl sites for hydroxylation is 1. The number of benzene rings is 1. The number of carboxylic acid groups (broad SMARTS) is 1. The average molecular weight is 346 g/mol. The van der Waals surface area contributed by atoms with Crippen molar-refractivity contribution in [3.05, 3.63) is 53.2 Å². The van der Waals surface area contributed by atoms with E-state index in [1.54, 1.807) is 0 Å². The molecule has 0 saturated heterocycles. The molecule has 0 bridgehead atoms. The lowest BCUT2D eigenvalue weighted by atomic mass is 10.0. The van der Waals surface area contributed by atoms with Gasteiger partial charge in [0.1, 0.15) is 18.4 Å². The summed E-state index contributed by atoms with van der Waals surface area (Å²) in [5, 5.41) is 11.8. The molecule has 2 N–H and O–H groups in total. The summed E-state index contributed by atoms with van der Waals surface area (Å²) in [6, 6.07) is 8.76. The van der Waals surface area contributed by atoms with Gasteiger partial charge >= 0.3 is 12.1 Å². The number of hydrogen-bond acceptors (Lipinski definition) is 5. The predicted molar refractivity (Wildman–Crippen MR) is 90.2 cm³/mol. The van der Waals surface area contributed by atoms with Gasteiger partial charge in [0.25, 0.3) is 0 Å². The van der Waals surface area contributed by atoms with E-state index in [4.69, 9.17) is 14.3 Å². The van der Waals surface area contributed by atoms with E-state index in [9.17, 15) is 9.59 Å². The molecule has 0 saturated carbocycles. The first-order chi connectivity index (χ1) is 11.9. The van der Waals surface area contributed by atoms with E-state index in [2.05, 4.69) is 10.3 Å². The summed E-state index contributed by atoms with van der Waals surface area (Å²) >= 11 is 0. The number of aromatic carboxylic acids is 1. The lowest BCUT2D eigenvalue weighted by Gasteiger charge is -2.17. The molecule has 0 spiro atoms. The van der Waals surface area contributed by atoms with Crippen LogP contribution in [0.3, 0.4) is 0 Å². The highest BCUT2D eigenvalue weighted by Crippen LogP contribution is 2.23. The lowest BCUT2D eigenvalue weighted by Crippen LogP contribution is -2.30. The number of carbonyl (C=O) groups is 2. The number of carbonyl (C=O) groups excluding carboxylic acids is 1. The molecule has 7 nitrogen and oxygen atoms in total. The largest absolute Gasteiger partial charge is 0.476 e. The standard InChI is InChI=1S/C18H22N2O5/c1-11(2)9-14(16-20-15(17(21)22)12(3)25-16)19-18(23)24-10-13-7-5-4-6-8-13/h4-8,11,14H,9-10H2,1-3H3,(H,19,23)(H,21,22). The monoisotopic (exact) mass is 346 g/mol. The molecule has 1 unspecified atom stereocenters. The van der Waals surface area contributed by atoms with Crippen molar-refractivity contribution in [2.45, 2.75) is 39.8 Å². The summed E-state index contributed by atoms with van der Waals surface area (Å²) in [4.78, 5) is 27.2. The van der Waals surface area contributed by atoms with Crippen molar-refractivity contribution < 1.29 is 23.8 Å². The molecule has 1 aromatic carbocycles. The highest BCUT2D eigenvalue weighted by molar-refractivity contribution is 5.86. The van der Waals surface area contributed by atoms with Crippen LogP contribution in [0.2, 0.25) is 0 Å². The van der Waals surface area contributed by atoms with Crippen molar-refractivity contribution in [2.75, 3.05) is 0 Å². The molecule has 0 aliphatic rings. The first-order valence-corrected chi connectivity index (χ1v) is 8.04. The second-order valence-electron chi connectivity index (χ2n) is 6.15. The van der Waals surface area contributed by atoms with E-state index in [1.807, 2.05) is 44.2 Å². The third-order valence-electron chi connectivity index (χ3n) is 3.53. The number of ether oxygens (including phenoxy) is 1. The number of rotatable bonds is 7. The fourth-order valence-electron chi connectivity index (χ4n) is 2.36. The maximum Gasteiger partial charge on any atom is 0.408 e. The molecule has 1 aromatic heterocycles. The van der Waals surface area contributed by atoms with Crippen molar-refractivity contribution in [3.63, 3.8) is 0 Å². The van der Waals surface area contributed by atoms with E-state index in [-0.39, 0.29) is 29.9 Å². The number of hydrogen-bond donors (Lipinski definition) is 2. The van der Waals surface area contributed by atoms with Crippen LogP contribution in [-0.4, -0.2) is 22.2 Å². The van der Waals surface area contributed by atoms with Gasteiger partial charge in [-0.05, 0) is 24.8 Å². The SMILES string of the molecule is Cc1oc(C(CC(C)C)NC(=O)OCc2ccccc2)nc1C(=O)O. The van der Waals surface area contributed by atoms with Crippen molar-refractivity contribution in [1.82, 2.24) is 10.3 Å². The van der Waals surface area contributed by atoms with E-state index < -0.39 is 18.1 Å². The molecular weight excluding hydrogens is 324 g/mol. The van der Waals surface area contributed by atoms with Gasteiger partial charge in [-0.3, -0.25) is 0 Å². The molecule has 2 rings (SSSR count). The van der Waals surface area contributed by atoms with Crippen LogP contribution in [0, 0.1) is 12.8 Å². The number of nitrogens with zero attached hydrogens (tertiary/aromatic N) is 1. The molecule has 7 heteroatoms. The zero-order valence-corrected chi connectivity index (χ0v) is 14.5. The van der Waals surface area contributed by atoms with Crippen LogP contribution in [0.5, 0.6) is 0 Å². The van der Waals surface area contributed by atoms with Crippen LogP contribution in [0.1, 0.15) is 54.0 Å². The second-order valence-corrected chi connectivity index (χ2v) is 6.15. The van der Waals surface area contributed by atoms with Gasteiger partial charge in [0.15, 0.2) is 5.69 Å². The van der Waals surface area contributed by atoms with Gasteiger partial charge in [0.2, 0.25) is 5.89 Å². The highest BCUT2D eigenvalue weighted by Gasteiger charge is 2.25. The Kier molecular flexibility index (Phi) is 6.16. The highest BCUT2D eigenvalue weighted by atomic mass is 16.5. The Hall–Kier alpha value is -2.83. The van der Waals surface area contributed by atoms with E-state index in [1.165, 1.54) is 6.92 Å². The summed E-state index contributed by atoms with van der Waals surface area (Å²) in [7, 11) is 0. The van der Waals surface area contributed by atoms with Gasteiger partial charge in [-0.1, -0.05) is 44.2 Å². The van der Waals surface area contributed by atoms with Crippen LogP contribution >= 0.6 is 0 Å². The Bertz CT molecular complexity index is 724. The number of alkyl carbamates (subject to hydrolysis) is 1. The van der Waals surface area contributed by atoms with Crippen molar-refractivity contribution in [3.8, 4) is 0 Å². The van der Waals surface area contributed by atoms with Crippen molar-refractivity contribution >= 4 is 12.1 Å². The molecule has 134 valence electrons. The van der Waals surface area contributed by atoms with Gasteiger partial charge in [-0.2, -0.15) is 0 Å². The Morgan fingerprint density at radius 2 is 1.96 bits per heavy atom. The number of aromatic nitrogens is 1. The number of amides is 1. The summed E-state index contributed by atoms with van der Waals surface area (Å²) < 4.78 is 10.7. The molecule has 25 heavy (non-hydrogen) atoms. The molecule has 0 aliphatic heterocycles. The summed E-state index contributed by atoms with van der Waals surface area (Å²) in [5.74, 6) is -0.557. The molecule has 1 atom stereocenters. The minimum Gasteiger partial charge on any atom is -0.476 e. The minimum absolute atomic E-state index is 0.145. The third kappa shape index (κ3) is 5.34. The number of nitrogens with one attached hydrogen (secondary N) is 1. The average Bonchev–Trinajstić information content (AvgIpc) is 2.95. The zero-order chi connectivity index (χ0) is 18.4. The van der Waals surface area contributed by atoms with E-state index >= 15 is 0 Å². The lowest BCUT2D eigenvalue weighted by molar-refractivity contribution is 0.0689. The third-order valence-corrected chi connectivity index (χ3v) is 3.53. The molecule has 1 heterocycles. The van der Waals surface area contributed by atoms with Gasteiger partial charge in [0, 0.05) is 0 Å². The van der Waals surface area contributed by atoms with Gasteiger partial charge in [-0.15, -0.1) is 0 Å². The first-order valence-electron chi connectivity index (χ1n) is 8.04. The van der Waals surface area contributed by atoms with Crippen molar-refractivity contribution in [1.29, 1.82) is 0 Å². The predicted octanol–water partition coefficient (Wildman–Crippen LogP) is 3.69. The summed E-state index contributed by atoms with van der Waals surface area (Å²) in [6.45, 7) is 5.64. The van der Waals surface area contributed by atoms with E-state index in [0.29, 0.717) is 6.42 Å². The molecule has 1 amide bonds. The van der Waals surface area contributed by atoms with Crippen LogP contribution in [0.15, 0.2) is 34.7 Å². The normalized spacial score (nSPS) is 12.0. The van der Waals surface area contributed by atoms with Crippen molar-refractivity contribution in [2.24, 2.45) is 5.92 Å². The van der Waals surface area contributed by atoms with E-state index in [0.717, 1.165) is 5.56 Å². The van der Waals surface area contributed by atoms with Crippen LogP contribution in [0.4, 0.5) is 4.79 Å². The minimum atomic E-state index is -1.16. The van der Waals surface area contributed by atoms with Gasteiger partial charge < -0.3 is 19.6 Å². The summed E-state index contributed by atoms with van der Waals surface area (Å²) in [5.41, 5.74) is 0.724. The number of oxazole rings is 1. The summed E-state index contributed by atoms with van der Waals surface area (Å²) in [6.07, 6.45) is -0.0679. The second kappa shape index (κ2) is 8.32. The Morgan fingerprint density at radius 3 is 2.52 bits per heavy atom. The quantitative estimate of drug-likeness (QED) is 0.792. The van der Waals surface area contributed by atoms with Gasteiger partial charge in [-0.25, -0.2) is 14.6 Å². The fraction of sp³-hybridized carbons (Fsp3) is 0.389. The maximum absolute atomic E-state index is 12.1. The molecule has 0 aliphatic carbocycles. The maximum atomic E-state index is 12.1. The Morgan fingerprint density at radius 1 is 1.28 bits per heavy atom. The van der Waals surface area contributed by atoms with Crippen LogP contribution in [0.25, 0.3) is 0 Å². The molecule has 0 radical (unpaired) electrons. The molecule has 0 fully saturated rings. The fourth-order valence-corrected chi connectivity index (χ4v) is 2.36. The van der Waals surface area contributed by atoms with Crippen LogP contribution in [-0.2, 0) is 11.3 Å². The zero-order valence-electron chi connectivity index (χ0n) is 14.5. The first kappa shape index (κ1) is 18.5. The van der Waals surface area contributed by atoms with Gasteiger partial charge in [0.05, 0.1) is 0 Å². The Labute approximate surface area is 146 Å².